The molecule has 1 aromatic carbocycles. The molecule has 2 aliphatic rings. The van der Waals surface area contributed by atoms with Crippen molar-refractivity contribution in [3.8, 4) is 0 Å². The molecule has 1 aromatic rings. The molecule has 0 aliphatic carbocycles. The number of piperidine rings is 2. The quantitative estimate of drug-likeness (QED) is 0.143. The van der Waals surface area contributed by atoms with Crippen molar-refractivity contribution in [2.24, 2.45) is 0 Å². The largest absolute Gasteiger partial charge is 0.444 e. The third kappa shape index (κ3) is 10.4. The van der Waals surface area contributed by atoms with E-state index in [2.05, 4.69) is 11.9 Å². The zero-order valence-corrected chi connectivity index (χ0v) is 28.4. The lowest BCUT2D eigenvalue weighted by Gasteiger charge is -2.39. The number of carbonyl (C=O) groups excluding carboxylic acids is 2. The number of nitrogens with zero attached hydrogens (tertiary/aromatic N) is 4. The number of hydrogen-bond donors (Lipinski definition) is 1. The van der Waals surface area contributed by atoms with Gasteiger partial charge in [-0.3, -0.25) is 29.2 Å². The number of sulfonamides is 1. The van der Waals surface area contributed by atoms with Gasteiger partial charge < -0.3 is 15.0 Å². The first kappa shape index (κ1) is 38.2. The lowest BCUT2D eigenvalue weighted by Crippen LogP contribution is -2.58. The molecule has 0 spiro atoms. The molecule has 19 heteroatoms. The number of ether oxygens (including phenoxy) is 1. The maximum atomic E-state index is 13.7. The first-order chi connectivity index (χ1) is 22.3. The molecular formula is C29H39N5O12S2. The van der Waals surface area contributed by atoms with Gasteiger partial charge in [-0.1, -0.05) is 30.9 Å². The highest BCUT2D eigenvalue weighted by atomic mass is 32.2. The Morgan fingerprint density at radius 2 is 1.69 bits per heavy atom. The number of benzene rings is 1. The average molecular weight is 714 g/mol. The molecule has 0 aromatic heterocycles. The van der Waals surface area contributed by atoms with Crippen LogP contribution in [0.5, 0.6) is 0 Å². The van der Waals surface area contributed by atoms with E-state index in [9.17, 15) is 46.7 Å². The summed E-state index contributed by atoms with van der Waals surface area (Å²) in [7, 11) is -9.29. The van der Waals surface area contributed by atoms with E-state index in [-0.39, 0.29) is 25.9 Å². The van der Waals surface area contributed by atoms with Gasteiger partial charge in [0, 0.05) is 36.7 Å². The molecule has 2 aliphatic heterocycles. The Morgan fingerprint density at radius 1 is 1.04 bits per heavy atom. The van der Waals surface area contributed by atoms with Crippen molar-refractivity contribution < 1.29 is 45.2 Å². The van der Waals surface area contributed by atoms with Gasteiger partial charge in [0.1, 0.15) is 11.6 Å². The van der Waals surface area contributed by atoms with Crippen LogP contribution >= 0.6 is 0 Å². The third-order valence-electron chi connectivity index (χ3n) is 7.31. The molecule has 2 amide bonds. The molecule has 3 rings (SSSR count). The van der Waals surface area contributed by atoms with E-state index in [0.717, 1.165) is 22.5 Å². The molecule has 48 heavy (non-hydrogen) atoms. The van der Waals surface area contributed by atoms with Gasteiger partial charge in [-0.15, -0.1) is 0 Å². The molecule has 2 atom stereocenters. The number of hydrogen-bond acceptors (Lipinski definition) is 12. The van der Waals surface area contributed by atoms with E-state index in [1.54, 1.807) is 20.8 Å². The second-order valence-corrected chi connectivity index (χ2v) is 15.6. The molecule has 0 saturated carbocycles. The fourth-order valence-electron chi connectivity index (χ4n) is 5.02. The second kappa shape index (κ2) is 15.8. The first-order valence-corrected chi connectivity index (χ1v) is 17.8. The average Bonchev–Trinajstić information content (AvgIpc) is 2.99. The molecule has 17 nitrogen and oxygen atoms in total. The summed E-state index contributed by atoms with van der Waals surface area (Å²) in [5, 5.41) is 24.8. The molecule has 0 unspecified atom stereocenters. The van der Waals surface area contributed by atoms with Crippen LogP contribution in [0.4, 0.5) is 10.5 Å². The summed E-state index contributed by atoms with van der Waals surface area (Å²) in [4.78, 5) is 46.8. The minimum absolute atomic E-state index is 0.0903. The van der Waals surface area contributed by atoms with Crippen LogP contribution in [-0.2, 0) is 33.9 Å². The summed E-state index contributed by atoms with van der Waals surface area (Å²) in [5.74, 6) is -0.656. The summed E-state index contributed by atoms with van der Waals surface area (Å²) >= 11 is 0. The van der Waals surface area contributed by atoms with Crippen LogP contribution in [-0.4, -0.2) is 97.9 Å². The van der Waals surface area contributed by atoms with Crippen molar-refractivity contribution >= 4 is 37.8 Å². The number of para-hydroxylation sites is 1. The van der Waals surface area contributed by atoms with E-state index in [1.807, 2.05) is 0 Å². The van der Waals surface area contributed by atoms with Crippen LogP contribution in [0, 0.1) is 20.2 Å². The number of likely N-dealkylation sites (tertiary alicyclic amines) is 1. The number of carbonyl (C=O) groups is 2. The van der Waals surface area contributed by atoms with Crippen LogP contribution < -0.4 is 5.32 Å². The SMILES string of the molecule is C=C(/C=C\C=C/C[N+](=O)[O-])S(=O)(=O)N1C[C@@H](OS(=O)(=O)c2ccccc2[N+](=O)[O-])CC[C@H]1C(=O)NC1CCN(C(=O)OC(C)(C)C)CC1. The third-order valence-corrected chi connectivity index (χ3v) is 10.5. The number of rotatable bonds is 12. The maximum Gasteiger partial charge on any atom is 0.410 e. The Balaban J connectivity index is 1.81. The van der Waals surface area contributed by atoms with Gasteiger partial charge in [-0.05, 0) is 64.7 Å². The number of allylic oxidation sites excluding steroid dienone is 3. The standard InChI is InChI=1S/C29H39N5O12S2/c1-21(10-6-5-9-17-33(37)38)47(41,42)32-20-23(46-48(43,44)26-12-8-7-11-24(26)34(39)40)13-14-25(32)27(35)30-22-15-18-31(19-16-22)28(36)45-29(2,3)4/h5-12,22-23,25H,1,13-20H2,2-4H3,(H,30,35)/b9-5-,10-6-/t23-,25-/m0/s1. The maximum absolute atomic E-state index is 13.7. The van der Waals surface area contributed by atoms with Crippen LogP contribution in [0.3, 0.4) is 0 Å². The summed E-state index contributed by atoms with van der Waals surface area (Å²) < 4.78 is 65.1. The molecule has 2 fully saturated rings. The van der Waals surface area contributed by atoms with Gasteiger partial charge in [-0.25, -0.2) is 13.2 Å². The van der Waals surface area contributed by atoms with E-state index >= 15 is 0 Å². The molecule has 2 saturated heterocycles. The highest BCUT2D eigenvalue weighted by Gasteiger charge is 2.43. The van der Waals surface area contributed by atoms with Gasteiger partial charge in [0.15, 0.2) is 4.90 Å². The lowest BCUT2D eigenvalue weighted by atomic mass is 10.00. The molecule has 1 N–H and O–H groups in total. The predicted molar refractivity (Wildman–Crippen MR) is 172 cm³/mol. The Hall–Kier alpha value is -4.20. The number of nitro benzene ring substituents is 1. The van der Waals surface area contributed by atoms with Crippen molar-refractivity contribution in [2.75, 3.05) is 26.2 Å². The first-order valence-electron chi connectivity index (χ1n) is 14.9. The van der Waals surface area contributed by atoms with Gasteiger partial charge in [-0.2, -0.15) is 12.7 Å². The number of nitro groups is 2. The Morgan fingerprint density at radius 3 is 2.29 bits per heavy atom. The minimum Gasteiger partial charge on any atom is -0.444 e. The molecule has 264 valence electrons. The van der Waals surface area contributed by atoms with Crippen molar-refractivity contribution in [3.63, 3.8) is 0 Å². The van der Waals surface area contributed by atoms with Crippen molar-refractivity contribution in [1.82, 2.24) is 14.5 Å². The fourth-order valence-corrected chi connectivity index (χ4v) is 7.73. The Labute approximate surface area is 278 Å². The number of nitrogens with one attached hydrogen (secondary N) is 1. The lowest BCUT2D eigenvalue weighted by molar-refractivity contribution is -0.468. The number of amides is 2. The Kier molecular flexibility index (Phi) is 12.6. The topological polar surface area (TPSA) is 226 Å². The fraction of sp³-hybridized carbons (Fsp3) is 0.517. The highest BCUT2D eigenvalue weighted by Crippen LogP contribution is 2.31. The van der Waals surface area contributed by atoms with E-state index in [0.29, 0.717) is 12.8 Å². The zero-order chi connectivity index (χ0) is 35.9. The molecular weight excluding hydrogens is 674 g/mol. The second-order valence-electron chi connectivity index (χ2n) is 12.1. The van der Waals surface area contributed by atoms with Crippen molar-refractivity contribution in [1.29, 1.82) is 0 Å². The van der Waals surface area contributed by atoms with Gasteiger partial charge >= 0.3 is 16.2 Å². The van der Waals surface area contributed by atoms with Crippen LogP contribution in [0.2, 0.25) is 0 Å². The van der Waals surface area contributed by atoms with E-state index < -0.39 is 94.4 Å². The van der Waals surface area contributed by atoms with E-state index in [4.69, 9.17) is 8.92 Å². The molecule has 0 radical (unpaired) electrons. The molecule has 2 heterocycles. The summed E-state index contributed by atoms with van der Waals surface area (Å²) in [6, 6.07) is 2.83. The van der Waals surface area contributed by atoms with Gasteiger partial charge in [0.05, 0.1) is 15.9 Å². The van der Waals surface area contributed by atoms with Crippen LogP contribution in [0.1, 0.15) is 46.5 Å². The van der Waals surface area contributed by atoms with Gasteiger partial charge in [0.25, 0.3) is 5.69 Å². The Bertz CT molecular complexity index is 1680. The monoisotopic (exact) mass is 713 g/mol. The molecule has 0 bridgehead atoms. The summed E-state index contributed by atoms with van der Waals surface area (Å²) in [6.45, 7) is 8.28. The summed E-state index contributed by atoms with van der Waals surface area (Å²) in [5.41, 5.74) is -1.41. The van der Waals surface area contributed by atoms with Crippen LogP contribution in [0.15, 0.2) is 64.9 Å². The van der Waals surface area contributed by atoms with Crippen molar-refractivity contribution in [2.45, 2.75) is 75.1 Å². The highest BCUT2D eigenvalue weighted by molar-refractivity contribution is 7.93. The summed E-state index contributed by atoms with van der Waals surface area (Å²) in [6.07, 6.45) is 3.40. The van der Waals surface area contributed by atoms with E-state index in [1.165, 1.54) is 35.3 Å². The zero-order valence-electron chi connectivity index (χ0n) is 26.7. The predicted octanol–water partition coefficient (Wildman–Crippen LogP) is 2.88. The smallest absolute Gasteiger partial charge is 0.410 e. The minimum atomic E-state index is -4.74. The van der Waals surface area contributed by atoms with Gasteiger partial charge in [0.2, 0.25) is 22.5 Å². The van der Waals surface area contributed by atoms with Crippen molar-refractivity contribution in [3.05, 3.63) is 80.3 Å². The normalized spacial score (nSPS) is 20.1. The van der Waals surface area contributed by atoms with Crippen LogP contribution in [0.25, 0.3) is 0 Å².